The van der Waals surface area contributed by atoms with Crippen molar-refractivity contribution in [1.82, 2.24) is 5.32 Å². The van der Waals surface area contributed by atoms with Crippen molar-refractivity contribution >= 4 is 17.9 Å². The number of nitrogens with one attached hydrogen (secondary N) is 1. The lowest BCUT2D eigenvalue weighted by Crippen LogP contribution is -2.26. The van der Waals surface area contributed by atoms with Gasteiger partial charge < -0.3 is 15.8 Å². The van der Waals surface area contributed by atoms with E-state index in [4.69, 9.17) is 10.5 Å². The van der Waals surface area contributed by atoms with Crippen molar-refractivity contribution in [2.24, 2.45) is 0 Å². The molecule has 0 radical (unpaired) electrons. The fourth-order valence-electron chi connectivity index (χ4n) is 3.63. The fourth-order valence-corrected chi connectivity index (χ4v) is 3.63. The number of carbonyl (C=O) groups is 1. The molecular formula is C24H21FN2O2. The van der Waals surface area contributed by atoms with Gasteiger partial charge in [0.05, 0.1) is 5.69 Å². The highest BCUT2D eigenvalue weighted by Crippen LogP contribution is 2.44. The maximum absolute atomic E-state index is 13.4. The van der Waals surface area contributed by atoms with Gasteiger partial charge in [0.2, 0.25) is 0 Å². The van der Waals surface area contributed by atoms with Crippen molar-refractivity contribution in [2.75, 3.05) is 18.9 Å². The van der Waals surface area contributed by atoms with Crippen LogP contribution in [0.5, 0.6) is 0 Å². The Morgan fingerprint density at radius 1 is 1.03 bits per heavy atom. The topological polar surface area (TPSA) is 64.3 Å². The summed E-state index contributed by atoms with van der Waals surface area (Å²) in [6.45, 7) is 0.551. The number of halogens is 1. The van der Waals surface area contributed by atoms with Crippen LogP contribution in [0.2, 0.25) is 0 Å². The second-order valence-electron chi connectivity index (χ2n) is 6.89. The van der Waals surface area contributed by atoms with Gasteiger partial charge in [-0.1, -0.05) is 66.7 Å². The number of alkyl carbamates (subject to hydrolysis) is 1. The lowest BCUT2D eigenvalue weighted by Gasteiger charge is -2.14. The molecule has 4 rings (SSSR count). The van der Waals surface area contributed by atoms with Gasteiger partial charge >= 0.3 is 6.09 Å². The summed E-state index contributed by atoms with van der Waals surface area (Å²) in [5.74, 6) is -0.432. The Labute approximate surface area is 168 Å². The van der Waals surface area contributed by atoms with Crippen molar-refractivity contribution in [2.45, 2.75) is 5.92 Å². The number of fused-ring (bicyclic) bond motifs is 3. The predicted octanol–water partition coefficient (Wildman–Crippen LogP) is 4.96. The van der Waals surface area contributed by atoms with E-state index >= 15 is 0 Å². The molecular weight excluding hydrogens is 367 g/mol. The number of nitrogens with two attached hydrogens (primary N) is 1. The van der Waals surface area contributed by atoms with Crippen LogP contribution in [0.15, 0.2) is 72.8 Å². The predicted molar refractivity (Wildman–Crippen MR) is 113 cm³/mol. The van der Waals surface area contributed by atoms with Crippen molar-refractivity contribution in [3.8, 4) is 11.1 Å². The fraction of sp³-hybridized carbons (Fsp3) is 0.125. The van der Waals surface area contributed by atoms with E-state index in [2.05, 4.69) is 29.6 Å². The van der Waals surface area contributed by atoms with Crippen LogP contribution < -0.4 is 11.1 Å². The average Bonchev–Trinajstić information content (AvgIpc) is 3.06. The summed E-state index contributed by atoms with van der Waals surface area (Å²) in [7, 11) is 0. The van der Waals surface area contributed by atoms with Crippen LogP contribution in [0.4, 0.5) is 14.9 Å². The molecule has 0 bridgehead atoms. The molecule has 3 aromatic carbocycles. The standard InChI is InChI=1S/C24H21FN2O2/c25-22-14-16(11-12-23(22)26)6-5-13-27-24(28)29-15-21-19-9-3-1-7-17(19)18-8-2-4-10-20(18)21/h1-12,14,21H,13,15,26H2,(H,27,28). The van der Waals surface area contributed by atoms with Gasteiger partial charge in [0.25, 0.3) is 0 Å². The normalized spacial score (nSPS) is 12.6. The first-order valence-electron chi connectivity index (χ1n) is 9.44. The highest BCUT2D eigenvalue weighted by atomic mass is 19.1. The van der Waals surface area contributed by atoms with Gasteiger partial charge in [0, 0.05) is 12.5 Å². The number of carbonyl (C=O) groups excluding carboxylic acids is 1. The quantitative estimate of drug-likeness (QED) is 0.607. The van der Waals surface area contributed by atoms with E-state index in [0.717, 1.165) is 0 Å². The van der Waals surface area contributed by atoms with Crippen LogP contribution in [0.25, 0.3) is 17.2 Å². The van der Waals surface area contributed by atoms with Gasteiger partial charge in [-0.25, -0.2) is 9.18 Å². The molecule has 0 atom stereocenters. The Morgan fingerprint density at radius 2 is 1.69 bits per heavy atom. The van der Waals surface area contributed by atoms with Gasteiger partial charge in [0.15, 0.2) is 0 Å². The lowest BCUT2D eigenvalue weighted by atomic mass is 9.98. The number of nitrogen functional groups attached to an aromatic ring is 1. The molecule has 0 fully saturated rings. The van der Waals surface area contributed by atoms with Crippen LogP contribution in [-0.2, 0) is 4.74 Å². The van der Waals surface area contributed by atoms with E-state index < -0.39 is 11.9 Å². The van der Waals surface area contributed by atoms with Gasteiger partial charge in [-0.05, 0) is 39.9 Å². The number of rotatable bonds is 5. The van der Waals surface area contributed by atoms with Crippen LogP contribution in [0.3, 0.4) is 0 Å². The zero-order valence-electron chi connectivity index (χ0n) is 15.8. The van der Waals surface area contributed by atoms with Crippen LogP contribution in [-0.4, -0.2) is 19.2 Å². The molecule has 0 spiro atoms. The smallest absolute Gasteiger partial charge is 0.407 e. The molecule has 4 nitrogen and oxygen atoms in total. The molecule has 1 aliphatic carbocycles. The average molecular weight is 388 g/mol. The Hall–Kier alpha value is -3.60. The summed E-state index contributed by atoms with van der Waals surface area (Å²) >= 11 is 0. The summed E-state index contributed by atoms with van der Waals surface area (Å²) < 4.78 is 18.9. The van der Waals surface area contributed by atoms with E-state index in [0.29, 0.717) is 5.56 Å². The minimum absolute atomic E-state index is 0.0291. The van der Waals surface area contributed by atoms with E-state index in [1.54, 1.807) is 18.2 Å². The largest absolute Gasteiger partial charge is 0.449 e. The molecule has 29 heavy (non-hydrogen) atoms. The first kappa shape index (κ1) is 18.7. The van der Waals surface area contributed by atoms with Crippen LogP contribution >= 0.6 is 0 Å². The molecule has 3 aromatic rings. The van der Waals surface area contributed by atoms with Crippen LogP contribution in [0.1, 0.15) is 22.6 Å². The highest BCUT2D eigenvalue weighted by molar-refractivity contribution is 5.79. The molecule has 5 heteroatoms. The number of amides is 1. The van der Waals surface area contributed by atoms with E-state index in [9.17, 15) is 9.18 Å². The number of ether oxygens (including phenoxy) is 1. The minimum Gasteiger partial charge on any atom is -0.449 e. The Bertz CT molecular complexity index is 1030. The zero-order valence-corrected chi connectivity index (χ0v) is 15.8. The van der Waals surface area contributed by atoms with Crippen molar-refractivity contribution in [3.63, 3.8) is 0 Å². The first-order chi connectivity index (χ1) is 14.1. The summed E-state index contributed by atoms with van der Waals surface area (Å²) in [6, 6.07) is 21.0. The summed E-state index contributed by atoms with van der Waals surface area (Å²) in [5.41, 5.74) is 11.0. The molecule has 0 heterocycles. The monoisotopic (exact) mass is 388 g/mol. The maximum atomic E-state index is 13.4. The van der Waals surface area contributed by atoms with Crippen molar-refractivity contribution < 1.29 is 13.9 Å². The number of anilines is 1. The molecule has 3 N–H and O–H groups in total. The van der Waals surface area contributed by atoms with Gasteiger partial charge in [0.1, 0.15) is 12.4 Å². The number of benzene rings is 3. The highest BCUT2D eigenvalue weighted by Gasteiger charge is 2.28. The first-order valence-corrected chi connectivity index (χ1v) is 9.44. The van der Waals surface area contributed by atoms with Crippen molar-refractivity contribution in [1.29, 1.82) is 0 Å². The number of hydrogen-bond donors (Lipinski definition) is 2. The molecule has 0 saturated heterocycles. The third-order valence-electron chi connectivity index (χ3n) is 5.04. The summed E-state index contributed by atoms with van der Waals surface area (Å²) in [4.78, 5) is 12.1. The summed E-state index contributed by atoms with van der Waals surface area (Å²) in [5, 5.41) is 2.68. The summed E-state index contributed by atoms with van der Waals surface area (Å²) in [6.07, 6.45) is 2.96. The number of hydrogen-bond acceptors (Lipinski definition) is 3. The van der Waals surface area contributed by atoms with Gasteiger partial charge in [-0.3, -0.25) is 0 Å². The van der Waals surface area contributed by atoms with E-state index in [1.807, 2.05) is 24.3 Å². The SMILES string of the molecule is Nc1ccc(C=CCNC(=O)OCC2c3ccccc3-c3ccccc32)cc1F. The van der Waals surface area contributed by atoms with Gasteiger partial charge in [-0.2, -0.15) is 0 Å². The Balaban J connectivity index is 1.33. The van der Waals surface area contributed by atoms with Crippen LogP contribution in [0, 0.1) is 5.82 Å². The molecule has 146 valence electrons. The second-order valence-corrected chi connectivity index (χ2v) is 6.89. The molecule has 0 unspecified atom stereocenters. The third-order valence-corrected chi connectivity index (χ3v) is 5.04. The lowest BCUT2D eigenvalue weighted by molar-refractivity contribution is 0.144. The van der Waals surface area contributed by atoms with E-state index in [-0.39, 0.29) is 24.8 Å². The Kier molecular flexibility index (Phi) is 5.29. The van der Waals surface area contributed by atoms with E-state index in [1.165, 1.54) is 34.4 Å². The minimum atomic E-state index is -0.486. The van der Waals surface area contributed by atoms with Crippen molar-refractivity contribution in [3.05, 3.63) is 95.3 Å². The van der Waals surface area contributed by atoms with Gasteiger partial charge in [-0.15, -0.1) is 0 Å². The maximum Gasteiger partial charge on any atom is 0.407 e. The molecule has 0 aromatic heterocycles. The second kappa shape index (κ2) is 8.19. The third kappa shape index (κ3) is 3.99. The molecule has 1 aliphatic rings. The molecule has 0 aliphatic heterocycles. The molecule has 1 amide bonds. The Morgan fingerprint density at radius 3 is 2.34 bits per heavy atom. The molecule has 0 saturated carbocycles. The zero-order chi connectivity index (χ0) is 20.2.